The molecule has 124 valence electrons. The van der Waals surface area contributed by atoms with Crippen LogP contribution in [0.25, 0.3) is 0 Å². The van der Waals surface area contributed by atoms with Gasteiger partial charge in [-0.05, 0) is 30.5 Å². The third-order valence-electron chi connectivity index (χ3n) is 4.19. The second-order valence-corrected chi connectivity index (χ2v) is 7.67. The SMILES string of the molecule is CCc1ncc(C2NCCc3c(NS(=O)(=O)CC)cccc32)[nH]1. The van der Waals surface area contributed by atoms with Gasteiger partial charge in [0.15, 0.2) is 0 Å². The van der Waals surface area contributed by atoms with Gasteiger partial charge in [-0.2, -0.15) is 0 Å². The Kier molecular flexibility index (Phi) is 4.41. The van der Waals surface area contributed by atoms with Gasteiger partial charge in [-0.25, -0.2) is 13.4 Å². The van der Waals surface area contributed by atoms with Crippen LogP contribution in [0.2, 0.25) is 0 Å². The number of hydrogen-bond acceptors (Lipinski definition) is 4. The van der Waals surface area contributed by atoms with E-state index in [0.717, 1.165) is 42.0 Å². The van der Waals surface area contributed by atoms with Gasteiger partial charge in [0, 0.05) is 13.0 Å². The van der Waals surface area contributed by atoms with Crippen LogP contribution in [0, 0.1) is 0 Å². The molecule has 1 aromatic carbocycles. The molecule has 2 aromatic rings. The maximum atomic E-state index is 11.9. The summed E-state index contributed by atoms with van der Waals surface area (Å²) in [5.41, 5.74) is 3.85. The van der Waals surface area contributed by atoms with E-state index in [1.54, 1.807) is 6.92 Å². The van der Waals surface area contributed by atoms with Gasteiger partial charge in [-0.15, -0.1) is 0 Å². The molecule has 3 rings (SSSR count). The molecule has 0 saturated heterocycles. The minimum atomic E-state index is -3.28. The van der Waals surface area contributed by atoms with Crippen molar-refractivity contribution < 1.29 is 8.42 Å². The lowest BCUT2D eigenvalue weighted by atomic mass is 9.91. The molecule has 2 heterocycles. The Morgan fingerprint density at radius 3 is 2.87 bits per heavy atom. The van der Waals surface area contributed by atoms with Gasteiger partial charge >= 0.3 is 0 Å². The van der Waals surface area contributed by atoms with E-state index in [9.17, 15) is 8.42 Å². The van der Waals surface area contributed by atoms with Crippen molar-refractivity contribution in [3.63, 3.8) is 0 Å². The molecule has 1 aromatic heterocycles. The summed E-state index contributed by atoms with van der Waals surface area (Å²) >= 11 is 0. The molecule has 23 heavy (non-hydrogen) atoms. The van der Waals surface area contributed by atoms with E-state index in [4.69, 9.17) is 0 Å². The van der Waals surface area contributed by atoms with Gasteiger partial charge in [0.2, 0.25) is 10.0 Å². The van der Waals surface area contributed by atoms with Crippen molar-refractivity contribution in [3.8, 4) is 0 Å². The molecular weight excluding hydrogens is 312 g/mol. The van der Waals surface area contributed by atoms with E-state index >= 15 is 0 Å². The summed E-state index contributed by atoms with van der Waals surface area (Å²) in [4.78, 5) is 7.71. The average molecular weight is 334 g/mol. The highest BCUT2D eigenvalue weighted by Gasteiger charge is 2.25. The van der Waals surface area contributed by atoms with Gasteiger partial charge in [0.05, 0.1) is 29.4 Å². The van der Waals surface area contributed by atoms with Crippen molar-refractivity contribution in [2.75, 3.05) is 17.0 Å². The molecule has 0 amide bonds. The van der Waals surface area contributed by atoms with Crippen molar-refractivity contribution >= 4 is 15.7 Å². The molecule has 7 heteroatoms. The molecule has 0 fully saturated rings. The van der Waals surface area contributed by atoms with Gasteiger partial charge in [-0.1, -0.05) is 19.1 Å². The smallest absolute Gasteiger partial charge is 0.232 e. The van der Waals surface area contributed by atoms with Crippen molar-refractivity contribution in [2.45, 2.75) is 32.7 Å². The number of nitrogens with one attached hydrogen (secondary N) is 3. The highest BCUT2D eigenvalue weighted by Crippen LogP contribution is 2.32. The van der Waals surface area contributed by atoms with Crippen molar-refractivity contribution in [2.24, 2.45) is 0 Å². The van der Waals surface area contributed by atoms with Gasteiger partial charge in [0.1, 0.15) is 5.82 Å². The molecular formula is C16H22N4O2S. The van der Waals surface area contributed by atoms with Gasteiger partial charge in [0.25, 0.3) is 0 Å². The van der Waals surface area contributed by atoms with Crippen LogP contribution in [-0.2, 0) is 22.9 Å². The van der Waals surface area contributed by atoms with Crippen LogP contribution < -0.4 is 10.0 Å². The van der Waals surface area contributed by atoms with Gasteiger partial charge < -0.3 is 10.3 Å². The lowest BCUT2D eigenvalue weighted by molar-refractivity contribution is 0.558. The summed E-state index contributed by atoms with van der Waals surface area (Å²) in [5.74, 6) is 1.02. The van der Waals surface area contributed by atoms with E-state index in [1.807, 2.05) is 24.4 Å². The molecule has 0 aliphatic carbocycles. The first kappa shape index (κ1) is 16.0. The number of nitrogens with zero attached hydrogens (tertiary/aromatic N) is 1. The molecule has 0 radical (unpaired) electrons. The predicted octanol–water partition coefficient (Wildman–Crippen LogP) is 1.97. The molecule has 0 saturated carbocycles. The van der Waals surface area contributed by atoms with Crippen molar-refractivity contribution in [1.82, 2.24) is 15.3 Å². The molecule has 1 aliphatic rings. The van der Waals surface area contributed by atoms with E-state index in [-0.39, 0.29) is 11.8 Å². The zero-order valence-electron chi connectivity index (χ0n) is 13.4. The third kappa shape index (κ3) is 3.25. The van der Waals surface area contributed by atoms with Gasteiger partial charge in [-0.3, -0.25) is 4.72 Å². The zero-order chi connectivity index (χ0) is 16.4. The monoisotopic (exact) mass is 334 g/mol. The number of hydrogen-bond donors (Lipinski definition) is 3. The van der Waals surface area contributed by atoms with Crippen LogP contribution in [0.15, 0.2) is 24.4 Å². The number of aryl methyl sites for hydroxylation is 1. The van der Waals surface area contributed by atoms with Crippen LogP contribution in [-0.4, -0.2) is 30.7 Å². The average Bonchev–Trinajstić information content (AvgIpc) is 3.03. The van der Waals surface area contributed by atoms with Crippen molar-refractivity contribution in [1.29, 1.82) is 0 Å². The summed E-state index contributed by atoms with van der Waals surface area (Å²) in [6.45, 7) is 4.49. The van der Waals surface area contributed by atoms with Crippen LogP contribution in [0.3, 0.4) is 0 Å². The number of aromatic nitrogens is 2. The Labute approximate surface area is 136 Å². The number of aromatic amines is 1. The third-order valence-corrected chi connectivity index (χ3v) is 5.48. The molecule has 6 nitrogen and oxygen atoms in total. The molecule has 0 spiro atoms. The van der Waals surface area contributed by atoms with Crippen LogP contribution in [0.1, 0.15) is 42.5 Å². The lowest BCUT2D eigenvalue weighted by Crippen LogP contribution is -2.31. The number of sulfonamides is 1. The fraction of sp³-hybridized carbons (Fsp3) is 0.438. The molecule has 0 bridgehead atoms. The largest absolute Gasteiger partial charge is 0.344 e. The summed E-state index contributed by atoms with van der Waals surface area (Å²) in [6, 6.07) is 5.78. The first-order valence-electron chi connectivity index (χ1n) is 7.93. The topological polar surface area (TPSA) is 86.9 Å². The van der Waals surface area contributed by atoms with Crippen LogP contribution in [0.4, 0.5) is 5.69 Å². The Hall–Kier alpha value is -1.86. The maximum absolute atomic E-state index is 11.9. The quantitative estimate of drug-likeness (QED) is 0.780. The minimum Gasteiger partial charge on any atom is -0.344 e. The number of H-pyrrole nitrogens is 1. The highest BCUT2D eigenvalue weighted by molar-refractivity contribution is 7.92. The van der Waals surface area contributed by atoms with Crippen LogP contribution >= 0.6 is 0 Å². The maximum Gasteiger partial charge on any atom is 0.232 e. The summed E-state index contributed by atoms with van der Waals surface area (Å²) < 4.78 is 26.5. The number of anilines is 1. The highest BCUT2D eigenvalue weighted by atomic mass is 32.2. The summed E-state index contributed by atoms with van der Waals surface area (Å²) in [5, 5.41) is 3.48. The fourth-order valence-corrected chi connectivity index (χ4v) is 3.59. The Morgan fingerprint density at radius 1 is 1.35 bits per heavy atom. The first-order chi connectivity index (χ1) is 11.0. The molecule has 1 aliphatic heterocycles. The predicted molar refractivity (Wildman–Crippen MR) is 91.0 cm³/mol. The number of imidazole rings is 1. The Balaban J connectivity index is 1.99. The lowest BCUT2D eigenvalue weighted by Gasteiger charge is -2.28. The summed E-state index contributed by atoms with van der Waals surface area (Å²) in [7, 11) is -3.28. The molecule has 1 unspecified atom stereocenters. The van der Waals surface area contributed by atoms with Crippen molar-refractivity contribution in [3.05, 3.63) is 47.0 Å². The zero-order valence-corrected chi connectivity index (χ0v) is 14.2. The first-order valence-corrected chi connectivity index (χ1v) is 9.58. The molecule has 1 atom stereocenters. The number of benzene rings is 1. The van der Waals surface area contributed by atoms with E-state index < -0.39 is 10.0 Å². The second kappa shape index (κ2) is 6.33. The molecule has 3 N–H and O–H groups in total. The van der Waals surface area contributed by atoms with E-state index in [0.29, 0.717) is 5.69 Å². The number of rotatable bonds is 5. The van der Waals surface area contributed by atoms with Crippen LogP contribution in [0.5, 0.6) is 0 Å². The van der Waals surface area contributed by atoms with E-state index in [1.165, 1.54) is 0 Å². The Bertz CT molecular complexity index is 798. The second-order valence-electron chi connectivity index (χ2n) is 5.65. The fourth-order valence-electron chi connectivity index (χ4n) is 2.92. The number of fused-ring (bicyclic) bond motifs is 1. The summed E-state index contributed by atoms with van der Waals surface area (Å²) in [6.07, 6.45) is 3.51. The normalized spacial score (nSPS) is 17.7. The van der Waals surface area contributed by atoms with E-state index in [2.05, 4.69) is 26.9 Å². The standard InChI is InChI=1S/C16H22N4O2S/c1-3-15-18-10-14(19-15)16-12-6-5-7-13(11(12)8-9-17-16)20-23(21,22)4-2/h5-7,10,16-17,20H,3-4,8-9H2,1-2H3,(H,18,19). The minimum absolute atomic E-state index is 0.0117. The Morgan fingerprint density at radius 2 is 2.17 bits per heavy atom.